The smallest absolute Gasteiger partial charge is 0.338 e. The fourth-order valence-corrected chi connectivity index (χ4v) is 6.64. The van der Waals surface area contributed by atoms with E-state index in [2.05, 4.69) is 20.8 Å². The topological polar surface area (TPSA) is 91.4 Å². The molecule has 3 aromatic rings. The summed E-state index contributed by atoms with van der Waals surface area (Å²) in [5.74, 6) is -1.50. The summed E-state index contributed by atoms with van der Waals surface area (Å²) in [4.78, 5) is 49.5. The van der Waals surface area contributed by atoms with E-state index in [-0.39, 0.29) is 5.04 Å². The Balaban J connectivity index is 1.58. The van der Waals surface area contributed by atoms with Gasteiger partial charge in [0.1, 0.15) is 11.5 Å². The van der Waals surface area contributed by atoms with Crippen LogP contribution in [0.5, 0.6) is 0 Å². The Hall–Kier alpha value is -3.28. The predicted molar refractivity (Wildman–Crippen MR) is 166 cm³/mol. The van der Waals surface area contributed by atoms with E-state index in [0.29, 0.717) is 16.7 Å². The number of fused-ring (bicyclic) bond motifs is 1. The number of benzene rings is 3. The zero-order valence-corrected chi connectivity index (χ0v) is 27.0. The molecule has 10 heteroatoms. The number of amides is 2. The maximum Gasteiger partial charge on any atom is 0.338 e. The predicted octanol–water partition coefficient (Wildman–Crippen LogP) is 6.74. The van der Waals surface area contributed by atoms with Crippen molar-refractivity contribution in [2.45, 2.75) is 80.5 Å². The van der Waals surface area contributed by atoms with E-state index in [1.807, 2.05) is 49.5 Å². The zero-order chi connectivity index (χ0) is 30.9. The molecule has 43 heavy (non-hydrogen) atoms. The van der Waals surface area contributed by atoms with Crippen molar-refractivity contribution in [3.05, 3.63) is 102 Å². The van der Waals surface area contributed by atoms with E-state index >= 15 is 0 Å². The highest BCUT2D eigenvalue weighted by Crippen LogP contribution is 2.43. The molecule has 0 bridgehead atoms. The average Bonchev–Trinajstić information content (AvgIpc) is 3.23. The largest absolute Gasteiger partial charge is 0.453 e. The third-order valence-electron chi connectivity index (χ3n) is 8.30. The van der Waals surface area contributed by atoms with Gasteiger partial charge in [0.2, 0.25) is 8.32 Å². The number of carbonyl (C=O) groups is 3. The molecule has 3 aromatic carbocycles. The number of imide groups is 1. The van der Waals surface area contributed by atoms with Gasteiger partial charge in [0.25, 0.3) is 11.8 Å². The number of hydrogen-bond acceptors (Lipinski definition) is 8. The third kappa shape index (κ3) is 6.34. The second kappa shape index (κ2) is 12.4. The van der Waals surface area contributed by atoms with Crippen LogP contribution in [0.2, 0.25) is 18.1 Å². The molecule has 2 heterocycles. The van der Waals surface area contributed by atoms with Crippen LogP contribution in [0.4, 0.5) is 0 Å². The number of thioether (sulfide) groups is 1. The molecular formula is C33H37NO7SSi. The molecule has 2 aliphatic rings. The minimum Gasteiger partial charge on any atom is -0.453 e. The number of esters is 1. The first kappa shape index (κ1) is 31.2. The van der Waals surface area contributed by atoms with Crippen LogP contribution in [0, 0.1) is 0 Å². The van der Waals surface area contributed by atoms with Crippen molar-refractivity contribution in [3.8, 4) is 0 Å². The number of ether oxygens (including phenoxy) is 2. The summed E-state index contributed by atoms with van der Waals surface area (Å²) < 4.78 is 18.9. The third-order valence-corrected chi connectivity index (χ3v) is 13.6. The van der Waals surface area contributed by atoms with Crippen LogP contribution in [-0.2, 0) is 18.9 Å². The molecule has 0 aromatic heterocycles. The second-order valence-corrected chi connectivity index (χ2v) is 18.2. The Labute approximate surface area is 257 Å². The number of carbonyl (C=O) groups excluding carboxylic acids is 3. The Morgan fingerprint density at radius 1 is 0.837 bits per heavy atom. The maximum absolute atomic E-state index is 13.9. The molecule has 0 radical (unpaired) electrons. The van der Waals surface area contributed by atoms with Gasteiger partial charge in [0, 0.05) is 4.90 Å². The summed E-state index contributed by atoms with van der Waals surface area (Å²) in [6.07, 6.45) is -2.71. The molecule has 0 N–H and O–H groups in total. The summed E-state index contributed by atoms with van der Waals surface area (Å²) in [7, 11) is -2.51. The first-order valence-corrected chi connectivity index (χ1v) is 18.1. The van der Waals surface area contributed by atoms with Crippen LogP contribution in [-0.4, -0.2) is 60.8 Å². The molecule has 0 unspecified atom stereocenters. The molecule has 1 saturated heterocycles. The van der Waals surface area contributed by atoms with E-state index in [1.54, 1.807) is 55.5 Å². The summed E-state index contributed by atoms with van der Waals surface area (Å²) in [6, 6.07) is 23.9. The summed E-state index contributed by atoms with van der Waals surface area (Å²) >= 11 is 1.37. The lowest BCUT2D eigenvalue weighted by atomic mass is 9.96. The highest BCUT2D eigenvalue weighted by Gasteiger charge is 2.56. The lowest BCUT2D eigenvalue weighted by Crippen LogP contribution is -2.65. The quantitative estimate of drug-likeness (QED) is 0.0901. The fraction of sp³-hybridized carbons (Fsp3) is 0.364. The number of rotatable bonds is 8. The van der Waals surface area contributed by atoms with Crippen LogP contribution in [0.25, 0.3) is 0 Å². The number of hydrogen-bond donors (Lipinski definition) is 0. The number of nitrogens with zero attached hydrogens (tertiary/aromatic N) is 1. The van der Waals surface area contributed by atoms with Crippen LogP contribution >= 0.6 is 11.8 Å². The highest BCUT2D eigenvalue weighted by atomic mass is 32.2. The van der Waals surface area contributed by atoms with Gasteiger partial charge in [-0.1, -0.05) is 81.1 Å². The van der Waals surface area contributed by atoms with Gasteiger partial charge >= 0.3 is 5.97 Å². The summed E-state index contributed by atoms with van der Waals surface area (Å²) in [6.45, 7) is 12.1. The van der Waals surface area contributed by atoms with Crippen molar-refractivity contribution in [1.82, 2.24) is 4.90 Å². The zero-order valence-electron chi connectivity index (χ0n) is 25.2. The van der Waals surface area contributed by atoms with Gasteiger partial charge in [-0.05, 0) is 61.5 Å². The van der Waals surface area contributed by atoms with Crippen LogP contribution in [0.3, 0.4) is 0 Å². The molecule has 0 aliphatic carbocycles. The van der Waals surface area contributed by atoms with Crippen molar-refractivity contribution in [1.29, 1.82) is 0 Å². The Morgan fingerprint density at radius 3 is 1.93 bits per heavy atom. The van der Waals surface area contributed by atoms with Gasteiger partial charge in [-0.2, -0.15) is 0 Å². The molecule has 2 aliphatic heterocycles. The summed E-state index contributed by atoms with van der Waals surface area (Å²) in [5.41, 5.74) is 0.212. The first-order valence-electron chi connectivity index (χ1n) is 14.3. The molecular weight excluding hydrogens is 583 g/mol. The average molecular weight is 620 g/mol. The SMILES string of the molecule is C[C@H]1O[C@@H](Sc2ccccc2)[C@H](N2C(=O)c3ccccc3C2=O)[C@@H](OO[Si](C)(C)C(C)(C)C)[C@@H]1OC(=O)c1ccccc1. The molecule has 0 saturated carbocycles. The maximum atomic E-state index is 13.9. The van der Waals surface area contributed by atoms with E-state index < -0.39 is 55.9 Å². The minimum atomic E-state index is -2.51. The molecule has 1 fully saturated rings. The molecule has 0 spiro atoms. The lowest BCUT2D eigenvalue weighted by Gasteiger charge is -2.47. The second-order valence-electron chi connectivity index (χ2n) is 12.3. The van der Waals surface area contributed by atoms with E-state index in [9.17, 15) is 14.4 Å². The van der Waals surface area contributed by atoms with Crippen LogP contribution < -0.4 is 0 Å². The Kier molecular flexibility index (Phi) is 8.96. The lowest BCUT2D eigenvalue weighted by molar-refractivity contribution is -0.314. The van der Waals surface area contributed by atoms with Gasteiger partial charge in [-0.3, -0.25) is 19.1 Å². The van der Waals surface area contributed by atoms with E-state index in [0.717, 1.165) is 4.90 Å². The van der Waals surface area contributed by atoms with Crippen molar-refractivity contribution in [3.63, 3.8) is 0 Å². The standard InChI is InChI=1S/C33H37NO7SSi/c1-21-27(39-31(37)22-15-9-7-10-16-22)28(40-41-43(5,6)33(2,3)4)26(32(38-21)42-23-17-11-8-12-18-23)34-29(35)24-19-13-14-20-25(24)30(34)36/h7-21,26-28,32H,1-6H3/t21-,26-,27-,28-,32+/m1/s1. The van der Waals surface area contributed by atoms with Crippen LogP contribution in [0.15, 0.2) is 89.8 Å². The van der Waals surface area contributed by atoms with Crippen molar-refractivity contribution in [2.24, 2.45) is 0 Å². The molecule has 5 rings (SSSR count). The van der Waals surface area contributed by atoms with Gasteiger partial charge in [-0.25, -0.2) is 9.68 Å². The van der Waals surface area contributed by atoms with Crippen LogP contribution in [0.1, 0.15) is 58.8 Å². The van der Waals surface area contributed by atoms with Gasteiger partial charge in [0.05, 0.1) is 22.8 Å². The van der Waals surface area contributed by atoms with Gasteiger partial charge in [-0.15, -0.1) is 0 Å². The Bertz CT molecular complexity index is 1440. The molecule has 8 nitrogen and oxygen atoms in total. The Morgan fingerprint density at radius 2 is 1.37 bits per heavy atom. The molecule has 5 atom stereocenters. The molecule has 2 amide bonds. The molecule has 226 valence electrons. The van der Waals surface area contributed by atoms with Crippen molar-refractivity contribution < 1.29 is 33.3 Å². The van der Waals surface area contributed by atoms with Gasteiger partial charge in [0.15, 0.2) is 12.2 Å². The van der Waals surface area contributed by atoms with E-state index in [1.165, 1.54) is 16.7 Å². The van der Waals surface area contributed by atoms with Gasteiger partial charge < -0.3 is 9.47 Å². The van der Waals surface area contributed by atoms with Crippen molar-refractivity contribution >= 4 is 37.9 Å². The van der Waals surface area contributed by atoms with Crippen molar-refractivity contribution in [2.75, 3.05) is 0 Å². The normalized spacial score (nSPS) is 24.1. The first-order chi connectivity index (χ1) is 20.4. The highest BCUT2D eigenvalue weighted by molar-refractivity contribution is 7.99. The van der Waals surface area contributed by atoms with E-state index in [4.69, 9.17) is 18.9 Å². The monoisotopic (exact) mass is 619 g/mol. The fourth-order valence-electron chi connectivity index (χ4n) is 4.81. The summed E-state index contributed by atoms with van der Waals surface area (Å²) in [5, 5.41) is -0.205. The minimum absolute atomic E-state index is 0.205.